The third-order valence-corrected chi connectivity index (χ3v) is 3.86. The van der Waals surface area contributed by atoms with Crippen molar-refractivity contribution in [1.82, 2.24) is 9.97 Å². The third-order valence-electron chi connectivity index (χ3n) is 3.56. The molecule has 0 saturated heterocycles. The molecule has 0 bridgehead atoms. The predicted octanol–water partition coefficient (Wildman–Crippen LogP) is 3.04. The second-order valence-corrected chi connectivity index (χ2v) is 6.40. The summed E-state index contributed by atoms with van der Waals surface area (Å²) in [4.78, 5) is 43.0. The molecular weight excluding hydrogens is 374 g/mol. The van der Waals surface area contributed by atoms with E-state index in [1.54, 1.807) is 39.8 Å². The minimum absolute atomic E-state index is 0.0930. The van der Waals surface area contributed by atoms with Gasteiger partial charge < -0.3 is 19.8 Å². The summed E-state index contributed by atoms with van der Waals surface area (Å²) in [6.45, 7) is 6.20. The molecule has 0 aromatic carbocycles. The van der Waals surface area contributed by atoms with Crippen molar-refractivity contribution in [1.29, 1.82) is 0 Å². The maximum atomic E-state index is 12.3. The first kappa shape index (κ1) is 20.4. The molecule has 27 heavy (non-hydrogen) atoms. The highest BCUT2D eigenvalue weighted by Crippen LogP contribution is 2.21. The Morgan fingerprint density at radius 2 is 1.96 bits per heavy atom. The summed E-state index contributed by atoms with van der Waals surface area (Å²) in [7, 11) is 0. The van der Waals surface area contributed by atoms with Gasteiger partial charge in [-0.3, -0.25) is 4.79 Å². The molecule has 0 spiro atoms. The van der Waals surface area contributed by atoms with Gasteiger partial charge in [0.2, 0.25) is 0 Å². The molecule has 2 N–H and O–H groups in total. The van der Waals surface area contributed by atoms with Gasteiger partial charge >= 0.3 is 11.9 Å². The van der Waals surface area contributed by atoms with Crippen molar-refractivity contribution in [2.45, 2.75) is 33.8 Å². The molecule has 144 valence electrons. The van der Waals surface area contributed by atoms with E-state index in [4.69, 9.17) is 21.1 Å². The summed E-state index contributed by atoms with van der Waals surface area (Å²) in [6, 6.07) is 3.18. The lowest BCUT2D eigenvalue weighted by Crippen LogP contribution is -2.21. The van der Waals surface area contributed by atoms with Crippen molar-refractivity contribution in [3.05, 3.63) is 46.0 Å². The highest BCUT2D eigenvalue weighted by atomic mass is 35.5. The smallest absolute Gasteiger partial charge is 0.355 e. The highest BCUT2D eigenvalue weighted by molar-refractivity contribution is 6.32. The van der Waals surface area contributed by atoms with Gasteiger partial charge in [-0.2, -0.15) is 0 Å². The van der Waals surface area contributed by atoms with Crippen LogP contribution in [-0.2, 0) is 14.3 Å². The quantitative estimate of drug-likeness (QED) is 0.576. The molecule has 0 aliphatic heterocycles. The number of nitrogens with zero attached hydrogens (tertiary/aromatic N) is 1. The minimum atomic E-state index is -0.758. The molecule has 2 rings (SSSR count). The average molecular weight is 394 g/mol. The monoisotopic (exact) mass is 393 g/mol. The van der Waals surface area contributed by atoms with E-state index in [2.05, 4.69) is 15.3 Å². The van der Waals surface area contributed by atoms with Crippen molar-refractivity contribution in [2.24, 2.45) is 0 Å². The normalized spacial score (nSPS) is 10.6. The summed E-state index contributed by atoms with van der Waals surface area (Å²) in [5.41, 5.74) is 1.57. The SMILES string of the molecule is Cc1[nH]c(C(=O)OCC(=O)Nc2cccnc2Cl)c(C)c1C(=O)OC(C)C. The number of carbonyl (C=O) groups excluding carboxylic acids is 3. The van der Waals surface area contributed by atoms with E-state index in [1.807, 2.05) is 0 Å². The minimum Gasteiger partial charge on any atom is -0.459 e. The van der Waals surface area contributed by atoms with Crippen molar-refractivity contribution in [3.8, 4) is 0 Å². The van der Waals surface area contributed by atoms with Gasteiger partial charge in [0.1, 0.15) is 5.69 Å². The van der Waals surface area contributed by atoms with Crippen molar-refractivity contribution < 1.29 is 23.9 Å². The van der Waals surface area contributed by atoms with Gasteiger partial charge in [-0.1, -0.05) is 11.6 Å². The number of carbonyl (C=O) groups is 3. The highest BCUT2D eigenvalue weighted by Gasteiger charge is 2.24. The van der Waals surface area contributed by atoms with Crippen LogP contribution < -0.4 is 5.32 Å². The number of ether oxygens (including phenoxy) is 2. The molecule has 0 fully saturated rings. The number of anilines is 1. The number of H-pyrrole nitrogens is 1. The number of halogens is 1. The Balaban J connectivity index is 2.03. The summed E-state index contributed by atoms with van der Waals surface area (Å²) in [6.07, 6.45) is 1.19. The number of rotatable bonds is 6. The van der Waals surface area contributed by atoms with Crippen LogP contribution in [0.25, 0.3) is 0 Å². The van der Waals surface area contributed by atoms with Crippen molar-refractivity contribution in [2.75, 3.05) is 11.9 Å². The first-order valence-corrected chi connectivity index (χ1v) is 8.56. The molecule has 0 saturated carbocycles. The fraction of sp³-hybridized carbons (Fsp3) is 0.333. The molecule has 0 aliphatic rings. The van der Waals surface area contributed by atoms with Gasteiger partial charge in [0.25, 0.3) is 5.91 Å². The fourth-order valence-corrected chi connectivity index (χ4v) is 2.57. The summed E-state index contributed by atoms with van der Waals surface area (Å²) >= 11 is 5.85. The molecule has 0 unspecified atom stereocenters. The van der Waals surface area contributed by atoms with Crippen LogP contribution >= 0.6 is 11.6 Å². The van der Waals surface area contributed by atoms with E-state index in [9.17, 15) is 14.4 Å². The van der Waals surface area contributed by atoms with Crippen molar-refractivity contribution >= 4 is 35.1 Å². The van der Waals surface area contributed by atoms with E-state index in [-0.39, 0.29) is 22.5 Å². The standard InChI is InChI=1S/C18H20ClN3O5/c1-9(2)27-17(24)14-10(3)15(21-11(14)4)18(25)26-8-13(23)22-12-6-5-7-20-16(12)19/h5-7,9,21H,8H2,1-4H3,(H,22,23). The Labute approximate surface area is 161 Å². The predicted molar refractivity (Wildman–Crippen MR) is 99.0 cm³/mol. The summed E-state index contributed by atoms with van der Waals surface area (Å²) in [5, 5.41) is 2.62. The van der Waals surface area contributed by atoms with E-state index in [0.717, 1.165) is 0 Å². The molecule has 8 nitrogen and oxygen atoms in total. The number of pyridine rings is 1. The summed E-state index contributed by atoms with van der Waals surface area (Å²) < 4.78 is 10.2. The lowest BCUT2D eigenvalue weighted by atomic mass is 10.1. The second kappa shape index (κ2) is 8.68. The van der Waals surface area contributed by atoms with Crippen LogP contribution in [-0.4, -0.2) is 40.5 Å². The van der Waals surface area contributed by atoms with Crippen LogP contribution in [0, 0.1) is 13.8 Å². The van der Waals surface area contributed by atoms with Crippen LogP contribution in [0.15, 0.2) is 18.3 Å². The maximum Gasteiger partial charge on any atom is 0.355 e. The number of hydrogen-bond acceptors (Lipinski definition) is 6. The lowest BCUT2D eigenvalue weighted by Gasteiger charge is -2.08. The largest absolute Gasteiger partial charge is 0.459 e. The number of aromatic nitrogens is 2. The number of aromatic amines is 1. The lowest BCUT2D eigenvalue weighted by molar-refractivity contribution is -0.119. The number of nitrogens with one attached hydrogen (secondary N) is 2. The van der Waals surface area contributed by atoms with E-state index < -0.39 is 24.5 Å². The zero-order chi connectivity index (χ0) is 20.1. The molecule has 0 radical (unpaired) electrons. The fourth-order valence-electron chi connectivity index (χ4n) is 2.40. The molecule has 2 heterocycles. The molecule has 1 amide bonds. The molecular formula is C18H20ClN3O5. The third kappa shape index (κ3) is 5.07. The number of hydrogen-bond donors (Lipinski definition) is 2. The van der Waals surface area contributed by atoms with Crippen LogP contribution in [0.3, 0.4) is 0 Å². The van der Waals surface area contributed by atoms with Crippen LogP contribution in [0.4, 0.5) is 5.69 Å². The van der Waals surface area contributed by atoms with E-state index in [0.29, 0.717) is 16.9 Å². The molecule has 2 aromatic rings. The van der Waals surface area contributed by atoms with Crippen LogP contribution in [0.1, 0.15) is 46.0 Å². The topological polar surface area (TPSA) is 110 Å². The number of aryl methyl sites for hydroxylation is 1. The Hall–Kier alpha value is -2.87. The van der Waals surface area contributed by atoms with Crippen LogP contribution in [0.5, 0.6) is 0 Å². The zero-order valence-electron chi connectivity index (χ0n) is 15.4. The van der Waals surface area contributed by atoms with E-state index >= 15 is 0 Å². The number of esters is 2. The number of amides is 1. The molecule has 9 heteroatoms. The first-order valence-electron chi connectivity index (χ1n) is 8.18. The average Bonchev–Trinajstić information content (AvgIpc) is 2.89. The Kier molecular flexibility index (Phi) is 6.57. The van der Waals surface area contributed by atoms with Gasteiger partial charge in [0.05, 0.1) is 17.4 Å². The van der Waals surface area contributed by atoms with Gasteiger partial charge in [-0.15, -0.1) is 0 Å². The zero-order valence-corrected chi connectivity index (χ0v) is 16.1. The second-order valence-electron chi connectivity index (χ2n) is 6.05. The Morgan fingerprint density at radius 1 is 1.26 bits per heavy atom. The van der Waals surface area contributed by atoms with Gasteiger partial charge in [0, 0.05) is 11.9 Å². The summed E-state index contributed by atoms with van der Waals surface area (Å²) in [5.74, 6) is -1.86. The van der Waals surface area contributed by atoms with Gasteiger partial charge in [-0.25, -0.2) is 14.6 Å². The Bertz CT molecular complexity index is 876. The van der Waals surface area contributed by atoms with Crippen molar-refractivity contribution in [3.63, 3.8) is 0 Å². The maximum absolute atomic E-state index is 12.3. The van der Waals surface area contributed by atoms with Crippen LogP contribution in [0.2, 0.25) is 5.15 Å². The van der Waals surface area contributed by atoms with Gasteiger partial charge in [-0.05, 0) is 45.4 Å². The molecule has 2 aromatic heterocycles. The Morgan fingerprint density at radius 3 is 2.59 bits per heavy atom. The van der Waals surface area contributed by atoms with E-state index in [1.165, 1.54) is 6.20 Å². The first-order chi connectivity index (χ1) is 12.7. The molecule has 0 aliphatic carbocycles. The van der Waals surface area contributed by atoms with Gasteiger partial charge in [0.15, 0.2) is 11.8 Å². The molecule has 0 atom stereocenters.